The fraction of sp³-hybridized carbons (Fsp3) is 0.846. The molecule has 0 aromatic carbocycles. The number of piperidine rings is 1. The van der Waals surface area contributed by atoms with Crippen LogP contribution in [0.2, 0.25) is 0 Å². The number of hydrogen-bond donors (Lipinski definition) is 2. The smallest absolute Gasteiger partial charge is 0.409 e. The molecule has 2 aliphatic rings. The second-order valence-electron chi connectivity index (χ2n) is 5.69. The van der Waals surface area contributed by atoms with Crippen molar-refractivity contribution in [2.45, 2.75) is 37.2 Å². The number of nitrogens with zero attached hydrogens (tertiary/aromatic N) is 1. The molecule has 0 spiro atoms. The Morgan fingerprint density at radius 2 is 1.95 bits per heavy atom. The summed E-state index contributed by atoms with van der Waals surface area (Å²) >= 11 is 0. The van der Waals surface area contributed by atoms with Crippen LogP contribution in [0.15, 0.2) is 0 Å². The van der Waals surface area contributed by atoms with E-state index in [9.17, 15) is 23.5 Å². The summed E-state index contributed by atoms with van der Waals surface area (Å²) in [5.41, 5.74) is -2.43. The lowest BCUT2D eigenvalue weighted by Gasteiger charge is -2.41. The van der Waals surface area contributed by atoms with Crippen LogP contribution in [0.25, 0.3) is 0 Å². The largest absolute Gasteiger partial charge is 0.449 e. The first kappa shape index (κ1) is 15.9. The zero-order chi connectivity index (χ0) is 15.7. The third-order valence-electron chi connectivity index (χ3n) is 4.08. The van der Waals surface area contributed by atoms with Crippen molar-refractivity contribution in [3.8, 4) is 0 Å². The molecule has 120 valence electrons. The van der Waals surface area contributed by atoms with Crippen molar-refractivity contribution >= 4 is 12.0 Å². The monoisotopic (exact) mass is 306 g/mol. The number of hydrogen-bond acceptors (Lipinski definition) is 4. The highest BCUT2D eigenvalue weighted by atomic mass is 19.3. The van der Waals surface area contributed by atoms with Crippen LogP contribution in [-0.2, 0) is 9.53 Å². The molecular weight excluding hydrogens is 286 g/mol. The van der Waals surface area contributed by atoms with Gasteiger partial charge in [0.1, 0.15) is 5.60 Å². The maximum Gasteiger partial charge on any atom is 0.409 e. The summed E-state index contributed by atoms with van der Waals surface area (Å²) in [6.07, 6.45) is 0.807. The van der Waals surface area contributed by atoms with E-state index in [1.165, 1.54) is 4.90 Å². The van der Waals surface area contributed by atoms with Crippen LogP contribution in [0.3, 0.4) is 0 Å². The van der Waals surface area contributed by atoms with Gasteiger partial charge in [0.05, 0.1) is 6.61 Å². The molecule has 6 nitrogen and oxygen atoms in total. The molecule has 1 saturated carbocycles. The lowest BCUT2D eigenvalue weighted by Crippen LogP contribution is -2.61. The highest BCUT2D eigenvalue weighted by Crippen LogP contribution is 2.37. The predicted molar refractivity (Wildman–Crippen MR) is 68.8 cm³/mol. The molecule has 2 N–H and O–H groups in total. The van der Waals surface area contributed by atoms with Gasteiger partial charge in [-0.15, -0.1) is 0 Å². The lowest BCUT2D eigenvalue weighted by atomic mass is 9.84. The second-order valence-corrected chi connectivity index (χ2v) is 5.69. The Morgan fingerprint density at radius 1 is 1.38 bits per heavy atom. The van der Waals surface area contributed by atoms with Crippen LogP contribution in [0, 0.1) is 5.92 Å². The highest BCUT2D eigenvalue weighted by molar-refractivity contribution is 5.84. The summed E-state index contributed by atoms with van der Waals surface area (Å²) in [6, 6.07) is 0. The van der Waals surface area contributed by atoms with Gasteiger partial charge in [-0.05, 0) is 18.8 Å². The van der Waals surface area contributed by atoms with Crippen molar-refractivity contribution < 1.29 is 28.2 Å². The van der Waals surface area contributed by atoms with Gasteiger partial charge in [-0.1, -0.05) is 0 Å². The summed E-state index contributed by atoms with van der Waals surface area (Å²) in [4.78, 5) is 24.2. The van der Waals surface area contributed by atoms with Gasteiger partial charge in [0, 0.05) is 33.0 Å². The first-order chi connectivity index (χ1) is 9.80. The molecule has 0 atom stereocenters. The summed E-state index contributed by atoms with van der Waals surface area (Å²) < 4.78 is 32.8. The quantitative estimate of drug-likeness (QED) is 0.803. The zero-order valence-electron chi connectivity index (χ0n) is 11.9. The van der Waals surface area contributed by atoms with Gasteiger partial charge in [-0.25, -0.2) is 4.79 Å². The Labute approximate surface area is 121 Å². The molecule has 0 aromatic rings. The van der Waals surface area contributed by atoms with Crippen molar-refractivity contribution in [2.24, 2.45) is 5.92 Å². The van der Waals surface area contributed by atoms with Gasteiger partial charge in [-0.2, -0.15) is 8.78 Å². The normalized spacial score (nSPS) is 21.8. The van der Waals surface area contributed by atoms with Gasteiger partial charge in [0.15, 0.2) is 0 Å². The molecule has 0 aromatic heterocycles. The Bertz CT molecular complexity index is 418. The number of carbonyl (C=O) groups is 2. The van der Waals surface area contributed by atoms with Gasteiger partial charge in [0.2, 0.25) is 0 Å². The van der Waals surface area contributed by atoms with Gasteiger partial charge in [-0.3, -0.25) is 4.79 Å². The average molecular weight is 306 g/mol. The average Bonchev–Trinajstić information content (AvgIpc) is 3.28. The number of nitrogens with one attached hydrogen (secondary N) is 1. The van der Waals surface area contributed by atoms with E-state index in [-0.39, 0.29) is 25.9 Å². The van der Waals surface area contributed by atoms with Crippen LogP contribution in [0.4, 0.5) is 13.6 Å². The number of rotatable bonds is 4. The summed E-state index contributed by atoms with van der Waals surface area (Å²) in [7, 11) is 1.09. The fourth-order valence-electron chi connectivity index (χ4n) is 2.31. The molecule has 1 aliphatic heterocycles. The number of carbonyl (C=O) groups excluding carboxylic acids is 2. The Kier molecular flexibility index (Phi) is 4.36. The Balaban J connectivity index is 1.88. The van der Waals surface area contributed by atoms with Gasteiger partial charge in [0.25, 0.3) is 5.91 Å². The minimum absolute atomic E-state index is 0.0629. The standard InChI is InChI=1S/C13H20F2N2O4/c1-16-10(18)13(14,15)12(20)4-6-17(7-5-12)11(19)21-8-9-2-3-9/h9,20H,2-8H2,1H3,(H,16,18). The van der Waals surface area contributed by atoms with Gasteiger partial charge >= 0.3 is 12.0 Å². The van der Waals surface area contributed by atoms with E-state index in [0.29, 0.717) is 12.5 Å². The number of aliphatic hydroxyl groups is 1. The van der Waals surface area contributed by atoms with Crippen molar-refractivity contribution in [3.05, 3.63) is 0 Å². The van der Waals surface area contributed by atoms with Crippen LogP contribution < -0.4 is 5.32 Å². The molecular formula is C13H20F2N2O4. The molecule has 1 aliphatic carbocycles. The molecule has 21 heavy (non-hydrogen) atoms. The maximum absolute atomic E-state index is 13.9. The van der Waals surface area contributed by atoms with E-state index in [2.05, 4.69) is 0 Å². The Morgan fingerprint density at radius 3 is 2.43 bits per heavy atom. The van der Waals surface area contributed by atoms with Crippen LogP contribution in [-0.4, -0.2) is 60.3 Å². The highest BCUT2D eigenvalue weighted by Gasteiger charge is 2.59. The fourth-order valence-corrected chi connectivity index (χ4v) is 2.31. The Hall–Kier alpha value is -1.44. The molecule has 1 saturated heterocycles. The minimum Gasteiger partial charge on any atom is -0.449 e. The summed E-state index contributed by atoms with van der Waals surface area (Å²) in [6.45, 7) is 0.229. The third kappa shape index (κ3) is 3.25. The number of amides is 2. The predicted octanol–water partition coefficient (Wildman–Crippen LogP) is 0.741. The van der Waals surface area contributed by atoms with Crippen LogP contribution in [0.1, 0.15) is 25.7 Å². The number of halogens is 2. The van der Waals surface area contributed by atoms with Crippen molar-refractivity contribution in [1.82, 2.24) is 10.2 Å². The van der Waals surface area contributed by atoms with E-state index in [1.807, 2.05) is 5.32 Å². The minimum atomic E-state index is -3.88. The maximum atomic E-state index is 13.9. The summed E-state index contributed by atoms with van der Waals surface area (Å²) in [5, 5.41) is 11.9. The second kappa shape index (κ2) is 5.75. The van der Waals surface area contributed by atoms with Crippen LogP contribution >= 0.6 is 0 Å². The van der Waals surface area contributed by atoms with E-state index in [1.54, 1.807) is 0 Å². The molecule has 2 fully saturated rings. The molecule has 0 bridgehead atoms. The summed E-state index contributed by atoms with van der Waals surface area (Å²) in [5.74, 6) is -4.98. The molecule has 0 radical (unpaired) electrons. The molecule has 8 heteroatoms. The van der Waals surface area contributed by atoms with E-state index >= 15 is 0 Å². The van der Waals surface area contributed by atoms with Gasteiger partial charge < -0.3 is 20.1 Å². The molecule has 2 rings (SSSR count). The van der Waals surface area contributed by atoms with Crippen LogP contribution in [0.5, 0.6) is 0 Å². The number of ether oxygens (including phenoxy) is 1. The zero-order valence-corrected chi connectivity index (χ0v) is 11.9. The van der Waals surface area contributed by atoms with Crippen molar-refractivity contribution in [3.63, 3.8) is 0 Å². The van der Waals surface area contributed by atoms with E-state index in [4.69, 9.17) is 4.74 Å². The van der Waals surface area contributed by atoms with Crippen molar-refractivity contribution in [1.29, 1.82) is 0 Å². The van der Waals surface area contributed by atoms with E-state index < -0.39 is 23.5 Å². The first-order valence-corrected chi connectivity index (χ1v) is 7.04. The lowest BCUT2D eigenvalue weighted by molar-refractivity contribution is -0.203. The SMILES string of the molecule is CNC(=O)C(F)(F)C1(O)CCN(C(=O)OCC2CC2)CC1. The third-order valence-corrected chi connectivity index (χ3v) is 4.08. The molecule has 2 amide bonds. The number of alkyl halides is 2. The topological polar surface area (TPSA) is 78.9 Å². The molecule has 1 heterocycles. The van der Waals surface area contributed by atoms with E-state index in [0.717, 1.165) is 19.9 Å². The number of likely N-dealkylation sites (tertiary alicyclic amines) is 1. The van der Waals surface area contributed by atoms with Crippen molar-refractivity contribution in [2.75, 3.05) is 26.7 Å². The first-order valence-electron chi connectivity index (χ1n) is 7.04. The molecule has 0 unspecified atom stereocenters.